The highest BCUT2D eigenvalue weighted by Crippen LogP contribution is 2.41. The van der Waals surface area contributed by atoms with Crippen molar-refractivity contribution in [2.45, 2.75) is 39.3 Å². The molecule has 37 heavy (non-hydrogen) atoms. The Morgan fingerprint density at radius 1 is 1.00 bits per heavy atom. The molecule has 1 unspecified atom stereocenters. The fraction of sp³-hybridized carbons (Fsp3) is 0.267. The number of ether oxygens (including phenoxy) is 2. The second kappa shape index (κ2) is 10.1. The first kappa shape index (κ1) is 24.6. The van der Waals surface area contributed by atoms with Crippen molar-refractivity contribution in [1.29, 1.82) is 0 Å². The molecule has 0 radical (unpaired) electrons. The minimum atomic E-state index is -0.715. The lowest BCUT2D eigenvalue weighted by atomic mass is 9.97. The average Bonchev–Trinajstić information content (AvgIpc) is 3.17. The Labute approximate surface area is 214 Å². The number of carbonyl (C=O) groups is 1. The van der Waals surface area contributed by atoms with Crippen LogP contribution in [0.5, 0.6) is 11.5 Å². The van der Waals surface area contributed by atoms with Crippen molar-refractivity contribution in [3.05, 3.63) is 105 Å². The first-order valence-corrected chi connectivity index (χ1v) is 12.3. The summed E-state index contributed by atoms with van der Waals surface area (Å²) in [6.07, 6.45) is 1.91. The molecule has 1 aliphatic rings. The van der Waals surface area contributed by atoms with Gasteiger partial charge in [0.25, 0.3) is 5.91 Å². The molecular formula is C30H28FNO5. The number of hydrogen-bond acceptors (Lipinski definition) is 5. The maximum absolute atomic E-state index is 13.8. The molecule has 7 heteroatoms. The molecule has 0 saturated heterocycles. The van der Waals surface area contributed by atoms with Crippen LogP contribution in [0, 0.1) is 12.7 Å². The fourth-order valence-electron chi connectivity index (χ4n) is 4.73. The third-order valence-corrected chi connectivity index (χ3v) is 6.65. The van der Waals surface area contributed by atoms with Crippen LogP contribution in [0.25, 0.3) is 11.0 Å². The molecule has 1 aliphatic heterocycles. The smallest absolute Gasteiger partial charge is 0.291 e. The van der Waals surface area contributed by atoms with Gasteiger partial charge in [0.1, 0.15) is 11.4 Å². The molecule has 3 aromatic carbocycles. The van der Waals surface area contributed by atoms with Crippen molar-refractivity contribution in [1.82, 2.24) is 4.90 Å². The van der Waals surface area contributed by atoms with Crippen molar-refractivity contribution in [2.75, 3.05) is 13.7 Å². The van der Waals surface area contributed by atoms with Gasteiger partial charge in [-0.2, -0.15) is 0 Å². The van der Waals surface area contributed by atoms with Crippen molar-refractivity contribution >= 4 is 16.9 Å². The van der Waals surface area contributed by atoms with E-state index < -0.39 is 11.9 Å². The van der Waals surface area contributed by atoms with Gasteiger partial charge in [-0.05, 0) is 60.9 Å². The van der Waals surface area contributed by atoms with E-state index in [1.165, 1.54) is 12.1 Å². The Balaban J connectivity index is 1.66. The lowest BCUT2D eigenvalue weighted by Crippen LogP contribution is -2.29. The number of hydrogen-bond donors (Lipinski definition) is 0. The molecule has 1 atom stereocenters. The summed E-state index contributed by atoms with van der Waals surface area (Å²) in [7, 11) is 1.56. The van der Waals surface area contributed by atoms with Crippen LogP contribution in [0.2, 0.25) is 0 Å². The molecule has 5 rings (SSSR count). The molecule has 1 aromatic heterocycles. The summed E-state index contributed by atoms with van der Waals surface area (Å²) in [5.74, 6) is 0.368. The van der Waals surface area contributed by atoms with E-state index in [0.717, 1.165) is 24.0 Å². The predicted octanol–water partition coefficient (Wildman–Crippen LogP) is 6.17. The number of fused-ring (bicyclic) bond motifs is 2. The minimum absolute atomic E-state index is 0.0238. The van der Waals surface area contributed by atoms with Crippen LogP contribution in [-0.2, 0) is 6.54 Å². The number of carbonyl (C=O) groups excluding carboxylic acids is 1. The van der Waals surface area contributed by atoms with E-state index in [1.54, 1.807) is 48.4 Å². The van der Waals surface area contributed by atoms with Gasteiger partial charge < -0.3 is 18.8 Å². The van der Waals surface area contributed by atoms with Gasteiger partial charge in [-0.3, -0.25) is 9.59 Å². The molecule has 0 fully saturated rings. The molecule has 1 amide bonds. The van der Waals surface area contributed by atoms with Gasteiger partial charge in [0.2, 0.25) is 5.76 Å². The quantitative estimate of drug-likeness (QED) is 0.270. The lowest BCUT2D eigenvalue weighted by Gasteiger charge is -2.26. The van der Waals surface area contributed by atoms with E-state index in [4.69, 9.17) is 13.9 Å². The fourth-order valence-corrected chi connectivity index (χ4v) is 4.73. The van der Waals surface area contributed by atoms with Crippen molar-refractivity contribution in [3.8, 4) is 11.5 Å². The lowest BCUT2D eigenvalue weighted by molar-refractivity contribution is 0.0714. The number of halogens is 1. The summed E-state index contributed by atoms with van der Waals surface area (Å²) in [5, 5.41) is 0.423. The molecule has 0 saturated carbocycles. The first-order chi connectivity index (χ1) is 17.9. The summed E-state index contributed by atoms with van der Waals surface area (Å²) >= 11 is 0. The van der Waals surface area contributed by atoms with E-state index in [-0.39, 0.29) is 29.1 Å². The van der Waals surface area contributed by atoms with E-state index in [9.17, 15) is 14.0 Å². The highest BCUT2D eigenvalue weighted by molar-refractivity contribution is 5.99. The van der Waals surface area contributed by atoms with Gasteiger partial charge in [0.05, 0.1) is 30.7 Å². The van der Waals surface area contributed by atoms with Crippen LogP contribution in [0.15, 0.2) is 69.9 Å². The normalized spacial score (nSPS) is 14.8. The molecular weight excluding hydrogens is 473 g/mol. The van der Waals surface area contributed by atoms with Crippen LogP contribution >= 0.6 is 0 Å². The number of aryl methyl sites for hydroxylation is 1. The maximum atomic E-state index is 13.8. The molecule has 6 nitrogen and oxygen atoms in total. The third-order valence-electron chi connectivity index (χ3n) is 6.65. The first-order valence-electron chi connectivity index (χ1n) is 12.3. The summed E-state index contributed by atoms with van der Waals surface area (Å²) in [4.78, 5) is 29.1. The van der Waals surface area contributed by atoms with E-state index in [0.29, 0.717) is 34.6 Å². The van der Waals surface area contributed by atoms with Crippen LogP contribution in [0.1, 0.15) is 58.6 Å². The summed E-state index contributed by atoms with van der Waals surface area (Å²) in [6, 6.07) is 16.0. The van der Waals surface area contributed by atoms with Crippen molar-refractivity contribution < 1.29 is 23.1 Å². The Morgan fingerprint density at radius 2 is 1.78 bits per heavy atom. The molecule has 0 spiro atoms. The SMILES string of the molecule is CCCCOc1ccc(C2c3c(oc4ccc(C)cc4c3=O)C(=O)N2Cc2ccc(F)cc2)cc1OC. The Bertz CT molecular complexity index is 1530. The standard InChI is InChI=1S/C30H28FNO5/c1-4-5-14-36-24-13-9-20(16-25(24)35-3)27-26-28(33)22-15-18(2)6-12-23(22)37-29(26)30(34)32(27)17-19-7-10-21(31)11-8-19/h6-13,15-16,27H,4-5,14,17H2,1-3H3. The number of amides is 1. The van der Waals surface area contributed by atoms with Gasteiger partial charge in [-0.25, -0.2) is 4.39 Å². The molecule has 0 aliphatic carbocycles. The van der Waals surface area contributed by atoms with E-state index in [1.807, 2.05) is 19.1 Å². The zero-order valence-corrected chi connectivity index (χ0v) is 21.0. The number of rotatable bonds is 8. The average molecular weight is 502 g/mol. The van der Waals surface area contributed by atoms with Gasteiger partial charge in [0, 0.05) is 6.54 Å². The largest absolute Gasteiger partial charge is 0.493 e. The summed E-state index contributed by atoms with van der Waals surface area (Å²) in [5.41, 5.74) is 2.73. The van der Waals surface area contributed by atoms with Crippen molar-refractivity contribution in [2.24, 2.45) is 0 Å². The number of methoxy groups -OCH3 is 1. The minimum Gasteiger partial charge on any atom is -0.493 e. The molecule has 4 aromatic rings. The number of benzene rings is 3. The van der Waals surface area contributed by atoms with Crippen LogP contribution in [0.4, 0.5) is 4.39 Å². The molecule has 190 valence electrons. The second-order valence-electron chi connectivity index (χ2n) is 9.25. The van der Waals surface area contributed by atoms with Crippen LogP contribution < -0.4 is 14.9 Å². The highest BCUT2D eigenvalue weighted by Gasteiger charge is 2.43. The predicted molar refractivity (Wildman–Crippen MR) is 139 cm³/mol. The van der Waals surface area contributed by atoms with Crippen molar-refractivity contribution in [3.63, 3.8) is 0 Å². The molecule has 0 N–H and O–H groups in total. The second-order valence-corrected chi connectivity index (χ2v) is 9.25. The Morgan fingerprint density at radius 3 is 2.51 bits per heavy atom. The molecule has 2 heterocycles. The van der Waals surface area contributed by atoms with Gasteiger partial charge in [-0.1, -0.05) is 43.2 Å². The molecule has 0 bridgehead atoms. The third kappa shape index (κ3) is 4.57. The van der Waals surface area contributed by atoms with Gasteiger partial charge in [-0.15, -0.1) is 0 Å². The monoisotopic (exact) mass is 501 g/mol. The summed E-state index contributed by atoms with van der Waals surface area (Å²) < 4.78 is 31.1. The topological polar surface area (TPSA) is 69.0 Å². The van der Waals surface area contributed by atoms with Gasteiger partial charge >= 0.3 is 0 Å². The van der Waals surface area contributed by atoms with Gasteiger partial charge in [0.15, 0.2) is 16.9 Å². The highest BCUT2D eigenvalue weighted by atomic mass is 19.1. The Kier molecular flexibility index (Phi) is 6.70. The van der Waals surface area contributed by atoms with E-state index >= 15 is 0 Å². The van der Waals surface area contributed by atoms with E-state index in [2.05, 4.69) is 6.92 Å². The number of nitrogens with zero attached hydrogens (tertiary/aromatic N) is 1. The maximum Gasteiger partial charge on any atom is 0.291 e. The van der Waals surface area contributed by atoms with Crippen LogP contribution in [0.3, 0.4) is 0 Å². The van der Waals surface area contributed by atoms with Crippen LogP contribution in [-0.4, -0.2) is 24.5 Å². The summed E-state index contributed by atoms with van der Waals surface area (Å²) in [6.45, 7) is 4.71. The zero-order chi connectivity index (χ0) is 26.1. The number of unbranched alkanes of at least 4 members (excludes halogenated alkanes) is 1. The zero-order valence-electron chi connectivity index (χ0n) is 21.0. The Hall–Kier alpha value is -4.13.